The van der Waals surface area contributed by atoms with Gasteiger partial charge in [0, 0.05) is 30.2 Å². The summed E-state index contributed by atoms with van der Waals surface area (Å²) in [4.78, 5) is 33.2. The van der Waals surface area contributed by atoms with Crippen molar-refractivity contribution in [2.24, 2.45) is 10.8 Å². The first-order valence-electron chi connectivity index (χ1n) is 9.00. The molecule has 1 heterocycles. The lowest BCUT2D eigenvalue weighted by Gasteiger charge is -2.22. The fraction of sp³-hybridized carbons (Fsp3) is 0.500. The molecule has 0 bridgehead atoms. The van der Waals surface area contributed by atoms with Gasteiger partial charge in [-0.3, -0.25) is 14.6 Å². The molecule has 0 unspecified atom stereocenters. The molecule has 0 amide bonds. The van der Waals surface area contributed by atoms with Crippen LogP contribution in [0.3, 0.4) is 0 Å². The third-order valence-corrected chi connectivity index (χ3v) is 4.40. The van der Waals surface area contributed by atoms with Crippen LogP contribution in [0.15, 0.2) is 6.20 Å². The predicted molar refractivity (Wildman–Crippen MR) is 106 cm³/mol. The van der Waals surface area contributed by atoms with Crippen LogP contribution in [0.25, 0.3) is 0 Å². The Labute approximate surface area is 171 Å². The summed E-state index contributed by atoms with van der Waals surface area (Å²) < 4.78 is 10.7. The van der Waals surface area contributed by atoms with E-state index < -0.39 is 22.8 Å². The molecule has 0 aliphatic rings. The smallest absolute Gasteiger partial charge is 0.312 e. The Morgan fingerprint density at radius 1 is 1.03 bits per heavy atom. The summed E-state index contributed by atoms with van der Waals surface area (Å²) in [6.07, 6.45) is 12.5. The number of hydrogen-bond acceptors (Lipinski definition) is 7. The van der Waals surface area contributed by atoms with Gasteiger partial charge in [-0.1, -0.05) is 0 Å². The van der Waals surface area contributed by atoms with E-state index in [1.807, 2.05) is 0 Å². The topological polar surface area (TPSA) is 95.0 Å². The van der Waals surface area contributed by atoms with Gasteiger partial charge in [0.15, 0.2) is 5.75 Å². The van der Waals surface area contributed by atoms with Crippen LogP contribution in [0, 0.1) is 42.4 Å². The number of hydrogen-bond donors (Lipinski definition) is 1. The van der Waals surface area contributed by atoms with Gasteiger partial charge < -0.3 is 14.4 Å². The first kappa shape index (κ1) is 24.0. The van der Waals surface area contributed by atoms with Gasteiger partial charge in [0.2, 0.25) is 0 Å². The Morgan fingerprint density at radius 3 is 1.97 bits per heavy atom. The molecule has 0 atom stereocenters. The third kappa shape index (κ3) is 6.23. The maximum atomic E-state index is 12.4. The van der Waals surface area contributed by atoms with E-state index in [1.54, 1.807) is 34.6 Å². The van der Waals surface area contributed by atoms with Crippen LogP contribution < -0.4 is 4.89 Å². The Morgan fingerprint density at radius 2 is 1.52 bits per heavy atom. The van der Waals surface area contributed by atoms with Crippen molar-refractivity contribution in [1.82, 2.24) is 4.98 Å². The molecule has 0 aliphatic heterocycles. The van der Waals surface area contributed by atoms with Gasteiger partial charge in [-0.05, 0) is 34.6 Å². The van der Waals surface area contributed by atoms with Crippen molar-refractivity contribution in [3.63, 3.8) is 0 Å². The summed E-state index contributed by atoms with van der Waals surface area (Å²) in [6, 6.07) is 0. The van der Waals surface area contributed by atoms with Crippen molar-refractivity contribution in [1.29, 1.82) is 0 Å². The zero-order valence-corrected chi connectivity index (χ0v) is 17.5. The van der Waals surface area contributed by atoms with E-state index in [-0.39, 0.29) is 31.8 Å². The van der Waals surface area contributed by atoms with Crippen molar-refractivity contribution in [3.05, 3.63) is 23.0 Å². The molecule has 0 aliphatic carbocycles. The highest BCUT2D eigenvalue weighted by Crippen LogP contribution is 2.29. The quantitative estimate of drug-likeness (QED) is 0.293. The number of rotatable bonds is 9. The molecule has 0 saturated carbocycles. The zero-order chi connectivity index (χ0) is 22.2. The molecule has 29 heavy (non-hydrogen) atoms. The number of terminal acetylenes is 2. The van der Waals surface area contributed by atoms with Crippen LogP contribution in [-0.2, 0) is 32.3 Å². The molecular formula is C22H27NO6. The molecule has 0 aromatic carbocycles. The standard InChI is InChI=1S/C22H27NO6/c1-8-10-21(4,5)19(24)27-13-16-12-23-15(3)18(29-26)17(16)14-28-20(25)22(6,7)11-9-2/h1-2,12,26H,10-11,13-14H2,3-7H3. The van der Waals surface area contributed by atoms with Gasteiger partial charge in [-0.25, -0.2) is 5.26 Å². The van der Waals surface area contributed by atoms with Gasteiger partial charge >= 0.3 is 11.9 Å². The number of carbonyl (C=O) groups is 2. The Balaban J connectivity index is 3.06. The SMILES string of the molecule is C#CCC(C)(C)C(=O)OCc1cnc(C)c(OO)c1COC(=O)C(C)(C)CC#C. The van der Waals surface area contributed by atoms with E-state index in [0.29, 0.717) is 16.8 Å². The summed E-state index contributed by atoms with van der Waals surface area (Å²) in [5, 5.41) is 9.27. The number of carbonyl (C=O) groups excluding carboxylic acids is 2. The van der Waals surface area contributed by atoms with Crippen molar-refractivity contribution in [2.45, 2.75) is 60.7 Å². The second-order valence-electron chi connectivity index (χ2n) is 7.95. The van der Waals surface area contributed by atoms with Crippen LogP contribution >= 0.6 is 0 Å². The molecule has 1 rings (SSSR count). The first-order valence-corrected chi connectivity index (χ1v) is 9.00. The van der Waals surface area contributed by atoms with Gasteiger partial charge in [-0.2, -0.15) is 0 Å². The van der Waals surface area contributed by atoms with E-state index in [1.165, 1.54) is 6.20 Å². The third-order valence-electron chi connectivity index (χ3n) is 4.40. The van der Waals surface area contributed by atoms with Crippen LogP contribution in [-0.4, -0.2) is 22.2 Å². The molecule has 0 saturated heterocycles. The molecule has 156 valence electrons. The molecule has 0 spiro atoms. The van der Waals surface area contributed by atoms with Crippen molar-refractivity contribution >= 4 is 11.9 Å². The molecule has 1 N–H and O–H groups in total. The maximum absolute atomic E-state index is 12.4. The Hall–Kier alpha value is -3.03. The number of esters is 2. The van der Waals surface area contributed by atoms with E-state index in [4.69, 9.17) is 22.3 Å². The van der Waals surface area contributed by atoms with E-state index in [9.17, 15) is 14.8 Å². The second-order valence-corrected chi connectivity index (χ2v) is 7.95. The minimum absolute atomic E-state index is 0.0315. The Kier molecular flexibility index (Phi) is 8.24. The number of aryl methyl sites for hydroxylation is 1. The average molecular weight is 401 g/mol. The Bertz CT molecular complexity index is 842. The second kappa shape index (κ2) is 9.95. The van der Waals surface area contributed by atoms with Crippen molar-refractivity contribution in [2.75, 3.05) is 0 Å². The zero-order valence-electron chi connectivity index (χ0n) is 17.5. The molecule has 7 nitrogen and oxygen atoms in total. The molecular weight excluding hydrogens is 374 g/mol. The highest BCUT2D eigenvalue weighted by Gasteiger charge is 2.31. The van der Waals surface area contributed by atoms with Gasteiger partial charge in [0.05, 0.1) is 16.5 Å². The number of pyridine rings is 1. The van der Waals surface area contributed by atoms with Crippen molar-refractivity contribution < 1.29 is 29.2 Å². The fourth-order valence-corrected chi connectivity index (χ4v) is 2.41. The number of ether oxygens (including phenoxy) is 2. The highest BCUT2D eigenvalue weighted by atomic mass is 17.1. The van der Waals surface area contributed by atoms with Gasteiger partial charge in [0.1, 0.15) is 13.2 Å². The van der Waals surface area contributed by atoms with Crippen LogP contribution in [0.5, 0.6) is 5.75 Å². The molecule has 1 aromatic heterocycles. The average Bonchev–Trinajstić information content (AvgIpc) is 2.64. The summed E-state index contributed by atoms with van der Waals surface area (Å²) in [7, 11) is 0. The first-order chi connectivity index (χ1) is 13.5. The fourth-order valence-electron chi connectivity index (χ4n) is 2.41. The monoisotopic (exact) mass is 401 g/mol. The number of nitrogens with zero attached hydrogens (tertiary/aromatic N) is 1. The van der Waals surface area contributed by atoms with Crippen LogP contribution in [0.4, 0.5) is 0 Å². The van der Waals surface area contributed by atoms with E-state index >= 15 is 0 Å². The maximum Gasteiger partial charge on any atom is 0.312 e. The summed E-state index contributed by atoms with van der Waals surface area (Å²) in [5.41, 5.74) is -0.582. The molecule has 7 heteroatoms. The minimum Gasteiger partial charge on any atom is -0.460 e. The largest absolute Gasteiger partial charge is 0.460 e. The summed E-state index contributed by atoms with van der Waals surface area (Å²) in [6.45, 7) is 7.95. The predicted octanol–water partition coefficient (Wildman–Crippen LogP) is 3.43. The van der Waals surface area contributed by atoms with Gasteiger partial charge in [0.25, 0.3) is 0 Å². The van der Waals surface area contributed by atoms with Crippen molar-refractivity contribution in [3.8, 4) is 30.4 Å². The molecule has 0 radical (unpaired) electrons. The lowest BCUT2D eigenvalue weighted by atomic mass is 9.90. The lowest BCUT2D eigenvalue weighted by molar-refractivity contribution is -0.157. The van der Waals surface area contributed by atoms with Crippen LogP contribution in [0.2, 0.25) is 0 Å². The molecule has 0 fully saturated rings. The number of aromatic nitrogens is 1. The normalized spacial score (nSPS) is 11.2. The summed E-state index contributed by atoms with van der Waals surface area (Å²) >= 11 is 0. The van der Waals surface area contributed by atoms with E-state index in [2.05, 4.69) is 21.7 Å². The summed E-state index contributed by atoms with van der Waals surface area (Å²) in [5.74, 6) is 3.92. The molecule has 1 aromatic rings. The lowest BCUT2D eigenvalue weighted by Crippen LogP contribution is -2.27. The minimum atomic E-state index is -0.872. The van der Waals surface area contributed by atoms with E-state index in [0.717, 1.165) is 0 Å². The highest BCUT2D eigenvalue weighted by molar-refractivity contribution is 5.77. The van der Waals surface area contributed by atoms with Gasteiger partial charge in [-0.15, -0.1) is 24.7 Å². The van der Waals surface area contributed by atoms with Crippen LogP contribution in [0.1, 0.15) is 57.4 Å².